The van der Waals surface area contributed by atoms with E-state index >= 15 is 0 Å². The average Bonchev–Trinajstić information content (AvgIpc) is 3.55. The van der Waals surface area contributed by atoms with Gasteiger partial charge in [0.25, 0.3) is 0 Å². The van der Waals surface area contributed by atoms with Crippen molar-refractivity contribution in [2.45, 2.75) is 19.8 Å². The highest BCUT2D eigenvalue weighted by Gasteiger charge is 2.17. The standard InChI is InChI=1S/C47H34N2O/c1-30(2)34-18-21-40-41-22-19-36(29-45(41)50-44(40)28-34)46-42-27-35(31-12-6-3-7-13-31)20-23-43(42)48-47(49-46)39-25-37(32-14-8-4-9-15-32)24-38(26-39)33-16-10-5-11-17-33/h3-30H,1-2H3. The molecule has 9 aromatic rings. The zero-order chi connectivity index (χ0) is 33.6. The Morgan fingerprint density at radius 2 is 0.940 bits per heavy atom. The molecular formula is C47H34N2O. The van der Waals surface area contributed by atoms with Crippen LogP contribution >= 0.6 is 0 Å². The molecule has 3 nitrogen and oxygen atoms in total. The van der Waals surface area contributed by atoms with E-state index in [0.29, 0.717) is 11.7 Å². The highest BCUT2D eigenvalue weighted by Crippen LogP contribution is 2.38. The van der Waals surface area contributed by atoms with E-state index in [-0.39, 0.29) is 0 Å². The molecule has 0 radical (unpaired) electrons. The first-order valence-electron chi connectivity index (χ1n) is 17.2. The average molecular weight is 643 g/mol. The zero-order valence-corrected chi connectivity index (χ0v) is 28.0. The van der Waals surface area contributed by atoms with Gasteiger partial charge >= 0.3 is 0 Å². The number of benzene rings is 7. The molecule has 0 aliphatic rings. The van der Waals surface area contributed by atoms with Gasteiger partial charge in [0, 0.05) is 27.3 Å². The Balaban J connectivity index is 1.27. The molecule has 0 fully saturated rings. The van der Waals surface area contributed by atoms with Crippen LogP contribution in [0, 0.1) is 0 Å². The van der Waals surface area contributed by atoms with Crippen LogP contribution in [0.15, 0.2) is 168 Å². The molecule has 0 saturated carbocycles. The second-order valence-electron chi connectivity index (χ2n) is 13.2. The van der Waals surface area contributed by atoms with Crippen LogP contribution in [-0.2, 0) is 0 Å². The third-order valence-electron chi connectivity index (χ3n) is 9.65. The van der Waals surface area contributed by atoms with Gasteiger partial charge in [-0.2, -0.15) is 0 Å². The largest absolute Gasteiger partial charge is 0.456 e. The van der Waals surface area contributed by atoms with Crippen molar-refractivity contribution in [3.63, 3.8) is 0 Å². The smallest absolute Gasteiger partial charge is 0.160 e. The van der Waals surface area contributed by atoms with Crippen LogP contribution in [0.5, 0.6) is 0 Å². The molecule has 0 atom stereocenters. The summed E-state index contributed by atoms with van der Waals surface area (Å²) in [6.45, 7) is 4.42. The van der Waals surface area contributed by atoms with Crippen LogP contribution in [0.25, 0.3) is 88.9 Å². The summed E-state index contributed by atoms with van der Waals surface area (Å²) in [4.78, 5) is 10.6. The van der Waals surface area contributed by atoms with Gasteiger partial charge in [0.15, 0.2) is 5.82 Å². The van der Waals surface area contributed by atoms with Crippen LogP contribution in [0.4, 0.5) is 0 Å². The quantitative estimate of drug-likeness (QED) is 0.181. The van der Waals surface area contributed by atoms with Gasteiger partial charge in [-0.25, -0.2) is 9.97 Å². The van der Waals surface area contributed by atoms with Crippen molar-refractivity contribution < 1.29 is 4.42 Å². The molecule has 0 amide bonds. The maximum atomic E-state index is 6.51. The molecular weight excluding hydrogens is 609 g/mol. The summed E-state index contributed by atoms with van der Waals surface area (Å²) in [7, 11) is 0. The fourth-order valence-electron chi connectivity index (χ4n) is 6.94. The summed E-state index contributed by atoms with van der Waals surface area (Å²) >= 11 is 0. The van der Waals surface area contributed by atoms with Crippen molar-refractivity contribution in [3.05, 3.63) is 169 Å². The Morgan fingerprint density at radius 3 is 1.56 bits per heavy atom. The normalized spacial score (nSPS) is 11.6. The summed E-state index contributed by atoms with van der Waals surface area (Å²) in [5.74, 6) is 1.11. The molecule has 0 aliphatic heterocycles. The molecule has 0 N–H and O–H groups in total. The molecule has 238 valence electrons. The lowest BCUT2D eigenvalue weighted by Gasteiger charge is -2.14. The Morgan fingerprint density at radius 1 is 0.400 bits per heavy atom. The number of rotatable bonds is 6. The van der Waals surface area contributed by atoms with Gasteiger partial charge in [-0.3, -0.25) is 0 Å². The van der Waals surface area contributed by atoms with Crippen molar-refractivity contribution in [2.75, 3.05) is 0 Å². The third kappa shape index (κ3) is 5.43. The molecule has 2 aromatic heterocycles. The fourth-order valence-corrected chi connectivity index (χ4v) is 6.94. The topological polar surface area (TPSA) is 38.9 Å². The van der Waals surface area contributed by atoms with Gasteiger partial charge in [-0.1, -0.05) is 129 Å². The predicted molar refractivity (Wildman–Crippen MR) is 208 cm³/mol. The molecule has 0 unspecified atom stereocenters. The van der Waals surface area contributed by atoms with E-state index in [9.17, 15) is 0 Å². The number of furan rings is 1. The summed E-state index contributed by atoms with van der Waals surface area (Å²) in [5.41, 5.74) is 13.6. The van der Waals surface area contributed by atoms with E-state index in [2.05, 4.69) is 172 Å². The maximum Gasteiger partial charge on any atom is 0.160 e. The minimum Gasteiger partial charge on any atom is -0.456 e. The first-order valence-corrected chi connectivity index (χ1v) is 17.2. The summed E-state index contributed by atoms with van der Waals surface area (Å²) < 4.78 is 6.51. The molecule has 50 heavy (non-hydrogen) atoms. The van der Waals surface area contributed by atoms with Crippen molar-refractivity contribution >= 4 is 32.8 Å². The van der Waals surface area contributed by atoms with Crippen LogP contribution in [0.3, 0.4) is 0 Å². The molecule has 0 saturated heterocycles. The lowest BCUT2D eigenvalue weighted by Crippen LogP contribution is -1.97. The van der Waals surface area contributed by atoms with E-state index in [0.717, 1.165) is 83.0 Å². The molecule has 0 aliphatic carbocycles. The van der Waals surface area contributed by atoms with Gasteiger partial charge in [0.2, 0.25) is 0 Å². The van der Waals surface area contributed by atoms with Crippen LogP contribution in [0.2, 0.25) is 0 Å². The minimum atomic E-state index is 0.426. The van der Waals surface area contributed by atoms with Crippen LogP contribution in [0.1, 0.15) is 25.3 Å². The highest BCUT2D eigenvalue weighted by molar-refractivity contribution is 6.07. The number of hydrogen-bond donors (Lipinski definition) is 0. The second-order valence-corrected chi connectivity index (χ2v) is 13.2. The third-order valence-corrected chi connectivity index (χ3v) is 9.65. The first-order chi connectivity index (χ1) is 24.6. The van der Waals surface area contributed by atoms with E-state index in [1.807, 2.05) is 6.07 Å². The van der Waals surface area contributed by atoms with Gasteiger partial charge < -0.3 is 4.42 Å². The number of aromatic nitrogens is 2. The van der Waals surface area contributed by atoms with Crippen molar-refractivity contribution in [2.24, 2.45) is 0 Å². The van der Waals surface area contributed by atoms with E-state index in [1.54, 1.807) is 0 Å². The van der Waals surface area contributed by atoms with E-state index in [4.69, 9.17) is 14.4 Å². The summed E-state index contributed by atoms with van der Waals surface area (Å²) in [5, 5.41) is 3.22. The number of nitrogens with zero attached hydrogens (tertiary/aromatic N) is 2. The Bertz CT molecular complexity index is 2600. The van der Waals surface area contributed by atoms with Crippen molar-refractivity contribution in [1.82, 2.24) is 9.97 Å². The van der Waals surface area contributed by atoms with Crippen molar-refractivity contribution in [3.8, 4) is 56.0 Å². The van der Waals surface area contributed by atoms with E-state index in [1.165, 1.54) is 5.56 Å². The molecule has 0 bridgehead atoms. The van der Waals surface area contributed by atoms with Crippen LogP contribution < -0.4 is 0 Å². The van der Waals surface area contributed by atoms with E-state index < -0.39 is 0 Å². The number of hydrogen-bond acceptors (Lipinski definition) is 3. The predicted octanol–water partition coefficient (Wildman–Crippen LogP) is 13.0. The van der Waals surface area contributed by atoms with Crippen LogP contribution in [-0.4, -0.2) is 9.97 Å². The molecule has 7 aromatic carbocycles. The molecule has 0 spiro atoms. The summed E-state index contributed by atoms with van der Waals surface area (Å²) in [6.07, 6.45) is 0. The SMILES string of the molecule is CC(C)c1ccc2c(c1)oc1cc(-c3nc(-c4cc(-c5ccccc5)cc(-c5ccccc5)c4)nc4ccc(-c5ccccc5)cc34)ccc12. The number of fused-ring (bicyclic) bond motifs is 4. The molecule has 2 heterocycles. The first kappa shape index (κ1) is 29.8. The molecule has 9 rings (SSSR count). The lowest BCUT2D eigenvalue weighted by molar-refractivity contribution is 0.667. The Labute approximate surface area is 291 Å². The fraction of sp³-hybridized carbons (Fsp3) is 0.0638. The van der Waals surface area contributed by atoms with Gasteiger partial charge in [0.1, 0.15) is 11.2 Å². The Kier molecular flexibility index (Phi) is 7.32. The minimum absolute atomic E-state index is 0.426. The van der Waals surface area contributed by atoms with Gasteiger partial charge in [-0.15, -0.1) is 0 Å². The summed E-state index contributed by atoms with van der Waals surface area (Å²) in [6, 6.07) is 57.7. The van der Waals surface area contributed by atoms with Gasteiger partial charge in [-0.05, 0) is 93.4 Å². The van der Waals surface area contributed by atoms with Crippen molar-refractivity contribution in [1.29, 1.82) is 0 Å². The highest BCUT2D eigenvalue weighted by atomic mass is 16.3. The monoisotopic (exact) mass is 642 g/mol. The lowest BCUT2D eigenvalue weighted by atomic mass is 9.95. The zero-order valence-electron chi connectivity index (χ0n) is 28.0. The second kappa shape index (κ2) is 12.3. The molecule has 3 heteroatoms. The van der Waals surface area contributed by atoms with Gasteiger partial charge in [0.05, 0.1) is 11.2 Å². The Hall–Kier alpha value is -6.32. The maximum absolute atomic E-state index is 6.51.